The van der Waals surface area contributed by atoms with Crippen molar-refractivity contribution in [1.29, 1.82) is 5.26 Å². The van der Waals surface area contributed by atoms with Crippen LogP contribution in [0.1, 0.15) is 25.3 Å². The minimum Gasteiger partial charge on any atom is -0.296 e. The third-order valence-electron chi connectivity index (χ3n) is 2.93. The van der Waals surface area contributed by atoms with Crippen LogP contribution in [-0.2, 0) is 14.6 Å². The van der Waals surface area contributed by atoms with Crippen LogP contribution in [0.25, 0.3) is 0 Å². The molecule has 1 aromatic rings. The van der Waals surface area contributed by atoms with Gasteiger partial charge in [0, 0.05) is 18.6 Å². The molecule has 0 saturated heterocycles. The molecular formula is C12H14N2O3S. The predicted octanol–water partition coefficient (Wildman–Crippen LogP) is 1.08. The van der Waals surface area contributed by atoms with Crippen molar-refractivity contribution >= 4 is 15.6 Å². The molecule has 96 valence electrons. The van der Waals surface area contributed by atoms with E-state index in [1.165, 1.54) is 26.2 Å². The van der Waals surface area contributed by atoms with E-state index in [2.05, 4.69) is 4.98 Å². The zero-order chi connectivity index (χ0) is 14.0. The highest BCUT2D eigenvalue weighted by atomic mass is 32.2. The van der Waals surface area contributed by atoms with Gasteiger partial charge in [0.2, 0.25) is 0 Å². The van der Waals surface area contributed by atoms with Gasteiger partial charge in [-0.05, 0) is 25.5 Å². The van der Waals surface area contributed by atoms with Crippen molar-refractivity contribution in [2.24, 2.45) is 0 Å². The van der Waals surface area contributed by atoms with E-state index in [0.717, 1.165) is 6.26 Å². The molecule has 0 aliphatic carbocycles. The van der Waals surface area contributed by atoms with Crippen LogP contribution in [0.4, 0.5) is 0 Å². The Bertz CT molecular complexity index is 585. The lowest BCUT2D eigenvalue weighted by molar-refractivity contribution is -0.121. The molecule has 18 heavy (non-hydrogen) atoms. The van der Waals surface area contributed by atoms with Crippen LogP contribution < -0.4 is 0 Å². The zero-order valence-corrected chi connectivity index (χ0v) is 11.2. The van der Waals surface area contributed by atoms with Crippen LogP contribution >= 0.6 is 0 Å². The molecule has 0 bridgehead atoms. The number of aromatic nitrogens is 1. The Labute approximate surface area is 106 Å². The lowest BCUT2D eigenvalue weighted by Gasteiger charge is -2.23. The summed E-state index contributed by atoms with van der Waals surface area (Å²) in [5.41, 5.74) is 0.404. The van der Waals surface area contributed by atoms with Crippen LogP contribution in [0.15, 0.2) is 24.5 Å². The van der Waals surface area contributed by atoms with E-state index >= 15 is 0 Å². The molecule has 1 rings (SSSR count). The standard InChI is InChI=1S/C12H14N2O3S/c1-12(2,18(3,16)17)11(15)10(7-13)9-5-4-6-14-8-9/h4-6,8,10H,1-3H3. The summed E-state index contributed by atoms with van der Waals surface area (Å²) in [6.45, 7) is 2.62. The minimum absolute atomic E-state index is 0.404. The zero-order valence-electron chi connectivity index (χ0n) is 10.4. The molecular weight excluding hydrogens is 252 g/mol. The lowest BCUT2D eigenvalue weighted by Crippen LogP contribution is -2.42. The van der Waals surface area contributed by atoms with Crippen molar-refractivity contribution < 1.29 is 13.2 Å². The molecule has 0 radical (unpaired) electrons. The quantitative estimate of drug-likeness (QED) is 0.813. The highest BCUT2D eigenvalue weighted by Crippen LogP contribution is 2.26. The van der Waals surface area contributed by atoms with Crippen molar-refractivity contribution in [3.63, 3.8) is 0 Å². The number of nitriles is 1. The van der Waals surface area contributed by atoms with Gasteiger partial charge in [0.1, 0.15) is 10.7 Å². The molecule has 0 aromatic carbocycles. The second-order valence-corrected chi connectivity index (χ2v) is 7.06. The fourth-order valence-electron chi connectivity index (χ4n) is 1.36. The van der Waals surface area contributed by atoms with E-state index in [9.17, 15) is 13.2 Å². The highest BCUT2D eigenvalue weighted by Gasteiger charge is 2.42. The van der Waals surface area contributed by atoms with Gasteiger partial charge in [-0.2, -0.15) is 5.26 Å². The van der Waals surface area contributed by atoms with Gasteiger partial charge in [0.25, 0.3) is 0 Å². The van der Waals surface area contributed by atoms with Gasteiger partial charge in [0.05, 0.1) is 6.07 Å². The molecule has 1 heterocycles. The number of rotatable bonds is 4. The van der Waals surface area contributed by atoms with Gasteiger partial charge in [-0.15, -0.1) is 0 Å². The Balaban J connectivity index is 3.22. The Morgan fingerprint density at radius 2 is 2.11 bits per heavy atom. The maximum Gasteiger partial charge on any atom is 0.175 e. The predicted molar refractivity (Wildman–Crippen MR) is 66.5 cm³/mol. The maximum absolute atomic E-state index is 12.2. The number of ketones is 1. The number of hydrogen-bond donors (Lipinski definition) is 0. The van der Waals surface area contributed by atoms with Crippen molar-refractivity contribution in [2.75, 3.05) is 6.26 Å². The first kappa shape index (κ1) is 14.3. The summed E-state index contributed by atoms with van der Waals surface area (Å²) in [7, 11) is -3.59. The summed E-state index contributed by atoms with van der Waals surface area (Å²) < 4.78 is 21.6. The van der Waals surface area contributed by atoms with Crippen LogP contribution in [0.5, 0.6) is 0 Å². The Kier molecular flexibility index (Phi) is 3.87. The highest BCUT2D eigenvalue weighted by molar-refractivity contribution is 7.92. The summed E-state index contributed by atoms with van der Waals surface area (Å²) >= 11 is 0. The SMILES string of the molecule is CC(C)(C(=O)C(C#N)c1cccnc1)S(C)(=O)=O. The fourth-order valence-corrected chi connectivity index (χ4v) is 1.84. The van der Waals surface area contributed by atoms with Gasteiger partial charge in [-0.25, -0.2) is 8.42 Å². The summed E-state index contributed by atoms with van der Waals surface area (Å²) in [5, 5.41) is 9.09. The van der Waals surface area contributed by atoms with Crippen LogP contribution in [0, 0.1) is 11.3 Å². The minimum atomic E-state index is -3.59. The van der Waals surface area contributed by atoms with E-state index in [1.807, 2.05) is 6.07 Å². The summed E-state index contributed by atoms with van der Waals surface area (Å²) in [4.78, 5) is 16.0. The van der Waals surface area contributed by atoms with Crippen molar-refractivity contribution in [1.82, 2.24) is 4.98 Å². The number of carbonyl (C=O) groups is 1. The Morgan fingerprint density at radius 1 is 1.50 bits per heavy atom. The average Bonchev–Trinajstić information content (AvgIpc) is 2.29. The molecule has 0 N–H and O–H groups in total. The largest absolute Gasteiger partial charge is 0.296 e. The van der Waals surface area contributed by atoms with Gasteiger partial charge in [-0.1, -0.05) is 6.07 Å². The van der Waals surface area contributed by atoms with Crippen LogP contribution in [-0.4, -0.2) is 30.2 Å². The molecule has 0 spiro atoms. The lowest BCUT2D eigenvalue weighted by atomic mass is 9.90. The van der Waals surface area contributed by atoms with Gasteiger partial charge in [0.15, 0.2) is 15.6 Å². The van der Waals surface area contributed by atoms with Crippen LogP contribution in [0.3, 0.4) is 0 Å². The van der Waals surface area contributed by atoms with Crippen molar-refractivity contribution in [3.05, 3.63) is 30.1 Å². The molecule has 0 aliphatic rings. The summed E-state index contributed by atoms with van der Waals surface area (Å²) in [5.74, 6) is -1.76. The summed E-state index contributed by atoms with van der Waals surface area (Å²) in [6.07, 6.45) is 3.90. The number of sulfone groups is 1. The number of Topliss-reactive ketones (excluding diaryl/α,β-unsaturated/α-hetero) is 1. The maximum atomic E-state index is 12.2. The fraction of sp³-hybridized carbons (Fsp3) is 0.417. The van der Waals surface area contributed by atoms with Crippen molar-refractivity contribution in [2.45, 2.75) is 24.5 Å². The first-order chi connectivity index (χ1) is 8.21. The Hall–Kier alpha value is -1.74. The van der Waals surface area contributed by atoms with E-state index in [4.69, 9.17) is 5.26 Å². The molecule has 1 atom stereocenters. The average molecular weight is 266 g/mol. The molecule has 6 heteroatoms. The van der Waals surface area contributed by atoms with Crippen LogP contribution in [0.2, 0.25) is 0 Å². The molecule has 0 aliphatic heterocycles. The van der Waals surface area contributed by atoms with E-state index in [-0.39, 0.29) is 0 Å². The van der Waals surface area contributed by atoms with E-state index in [1.54, 1.807) is 12.1 Å². The number of carbonyl (C=O) groups excluding carboxylic acids is 1. The van der Waals surface area contributed by atoms with E-state index in [0.29, 0.717) is 5.56 Å². The number of nitrogens with zero attached hydrogens (tertiary/aromatic N) is 2. The third kappa shape index (κ3) is 2.57. The first-order valence-electron chi connectivity index (χ1n) is 5.25. The molecule has 0 fully saturated rings. The smallest absolute Gasteiger partial charge is 0.175 e. The summed E-state index contributed by atoms with van der Waals surface area (Å²) in [6, 6.07) is 5.02. The first-order valence-corrected chi connectivity index (χ1v) is 7.14. The monoisotopic (exact) mass is 266 g/mol. The molecule has 1 unspecified atom stereocenters. The van der Waals surface area contributed by atoms with Gasteiger partial charge < -0.3 is 0 Å². The molecule has 0 amide bonds. The van der Waals surface area contributed by atoms with Crippen molar-refractivity contribution in [3.8, 4) is 6.07 Å². The second-order valence-electron chi connectivity index (χ2n) is 4.50. The molecule has 0 saturated carbocycles. The topological polar surface area (TPSA) is 87.9 Å². The third-order valence-corrected chi connectivity index (χ3v) is 4.98. The van der Waals surface area contributed by atoms with Gasteiger partial charge in [-0.3, -0.25) is 9.78 Å². The normalized spacial score (nSPS) is 13.7. The van der Waals surface area contributed by atoms with E-state index < -0.39 is 26.3 Å². The molecule has 1 aromatic heterocycles. The Morgan fingerprint density at radius 3 is 2.50 bits per heavy atom. The number of hydrogen-bond acceptors (Lipinski definition) is 5. The molecule has 5 nitrogen and oxygen atoms in total. The van der Waals surface area contributed by atoms with Gasteiger partial charge >= 0.3 is 0 Å². The second kappa shape index (κ2) is 4.86. The number of pyridine rings is 1.